The number of carbonyl (C=O) groups excluding carboxylic acids is 2. The van der Waals surface area contributed by atoms with Gasteiger partial charge in [0.15, 0.2) is 0 Å². The summed E-state index contributed by atoms with van der Waals surface area (Å²) >= 11 is 0. The lowest BCUT2D eigenvalue weighted by atomic mass is 10.2. The maximum Gasteiger partial charge on any atom is 0.259 e. The number of hydrogen-bond donors (Lipinski definition) is 1. The van der Waals surface area contributed by atoms with Crippen LogP contribution in [0.1, 0.15) is 10.4 Å². The fourth-order valence-corrected chi connectivity index (χ4v) is 3.45. The van der Waals surface area contributed by atoms with Gasteiger partial charge in [-0.15, -0.1) is 0 Å². The molecule has 3 aromatic rings. The fourth-order valence-electron chi connectivity index (χ4n) is 3.45. The molecule has 1 saturated heterocycles. The maximum atomic E-state index is 13.1. The number of amides is 2. The van der Waals surface area contributed by atoms with Crippen LogP contribution in [0.5, 0.6) is 11.6 Å². The first-order valence-electron chi connectivity index (χ1n) is 10.3. The van der Waals surface area contributed by atoms with Gasteiger partial charge >= 0.3 is 0 Å². The van der Waals surface area contributed by atoms with E-state index in [0.717, 1.165) is 0 Å². The van der Waals surface area contributed by atoms with E-state index in [1.165, 1.54) is 24.3 Å². The van der Waals surface area contributed by atoms with Gasteiger partial charge in [0.05, 0.1) is 6.54 Å². The van der Waals surface area contributed by atoms with Gasteiger partial charge in [-0.25, -0.2) is 9.37 Å². The van der Waals surface area contributed by atoms with Crippen LogP contribution in [0, 0.1) is 5.82 Å². The van der Waals surface area contributed by atoms with E-state index in [1.807, 2.05) is 23.1 Å². The highest BCUT2D eigenvalue weighted by atomic mass is 19.1. The van der Waals surface area contributed by atoms with Crippen LogP contribution in [0.3, 0.4) is 0 Å². The summed E-state index contributed by atoms with van der Waals surface area (Å²) in [6.07, 6.45) is 1.59. The van der Waals surface area contributed by atoms with Gasteiger partial charge in [0.2, 0.25) is 11.8 Å². The molecule has 8 heteroatoms. The van der Waals surface area contributed by atoms with Crippen molar-refractivity contribution in [2.45, 2.75) is 0 Å². The molecule has 1 aliphatic rings. The third-order valence-electron chi connectivity index (χ3n) is 5.11. The third-order valence-corrected chi connectivity index (χ3v) is 5.11. The first-order valence-corrected chi connectivity index (χ1v) is 10.3. The fraction of sp³-hybridized carbons (Fsp3) is 0.208. The Morgan fingerprint density at radius 2 is 1.66 bits per heavy atom. The number of halogens is 1. The van der Waals surface area contributed by atoms with E-state index in [2.05, 4.69) is 10.3 Å². The van der Waals surface area contributed by atoms with E-state index in [9.17, 15) is 14.0 Å². The van der Waals surface area contributed by atoms with Gasteiger partial charge in [-0.1, -0.05) is 18.2 Å². The number of benzene rings is 2. The smallest absolute Gasteiger partial charge is 0.259 e. The molecule has 1 aromatic heterocycles. The molecule has 2 heterocycles. The minimum atomic E-state index is -0.352. The summed E-state index contributed by atoms with van der Waals surface area (Å²) in [6.45, 7) is 2.31. The normalized spacial score (nSPS) is 14.1. The highest BCUT2D eigenvalue weighted by Crippen LogP contribution is 2.24. The van der Waals surface area contributed by atoms with Crippen LogP contribution < -0.4 is 10.1 Å². The monoisotopic (exact) mass is 434 g/mol. The number of nitrogens with zero attached hydrogens (tertiary/aromatic N) is 3. The number of nitrogens with one attached hydrogen (secondary N) is 1. The average molecular weight is 434 g/mol. The van der Waals surface area contributed by atoms with Crippen molar-refractivity contribution in [1.29, 1.82) is 0 Å². The molecular formula is C24H23FN4O3. The van der Waals surface area contributed by atoms with Crippen LogP contribution in [-0.4, -0.2) is 59.3 Å². The molecule has 0 atom stereocenters. The number of pyridine rings is 1. The van der Waals surface area contributed by atoms with Gasteiger partial charge in [-0.3, -0.25) is 14.5 Å². The zero-order valence-electron chi connectivity index (χ0n) is 17.4. The number of rotatable bonds is 6. The Hall–Kier alpha value is -3.78. The summed E-state index contributed by atoms with van der Waals surface area (Å²) in [5.74, 6) is 0.193. The number of para-hydroxylation sites is 1. The summed E-state index contributed by atoms with van der Waals surface area (Å²) in [7, 11) is 0. The summed E-state index contributed by atoms with van der Waals surface area (Å²) in [4.78, 5) is 33.3. The molecule has 1 aliphatic heterocycles. The molecule has 164 valence electrons. The van der Waals surface area contributed by atoms with Gasteiger partial charge in [0, 0.05) is 38.1 Å². The van der Waals surface area contributed by atoms with Crippen molar-refractivity contribution in [3.05, 3.63) is 84.3 Å². The summed E-state index contributed by atoms with van der Waals surface area (Å²) < 4.78 is 18.8. The molecule has 32 heavy (non-hydrogen) atoms. The van der Waals surface area contributed by atoms with E-state index in [-0.39, 0.29) is 30.1 Å². The van der Waals surface area contributed by atoms with Crippen molar-refractivity contribution in [1.82, 2.24) is 14.8 Å². The predicted octanol–water partition coefficient (Wildman–Crippen LogP) is 3.41. The minimum absolute atomic E-state index is 0.153. The number of carbonyl (C=O) groups is 2. The van der Waals surface area contributed by atoms with Crippen molar-refractivity contribution >= 4 is 17.5 Å². The Balaban J connectivity index is 1.32. The van der Waals surface area contributed by atoms with E-state index in [0.29, 0.717) is 43.2 Å². The lowest BCUT2D eigenvalue weighted by Gasteiger charge is -2.34. The van der Waals surface area contributed by atoms with Crippen molar-refractivity contribution < 1.29 is 18.7 Å². The Morgan fingerprint density at radius 3 is 2.38 bits per heavy atom. The molecular weight excluding hydrogens is 411 g/mol. The number of anilines is 1. The Kier molecular flexibility index (Phi) is 6.72. The molecule has 2 amide bonds. The van der Waals surface area contributed by atoms with E-state index in [4.69, 9.17) is 4.74 Å². The number of aromatic nitrogens is 1. The van der Waals surface area contributed by atoms with Crippen LogP contribution in [0.2, 0.25) is 0 Å². The van der Waals surface area contributed by atoms with Gasteiger partial charge in [0.25, 0.3) is 5.91 Å². The lowest BCUT2D eigenvalue weighted by Crippen LogP contribution is -2.50. The molecule has 7 nitrogen and oxygen atoms in total. The van der Waals surface area contributed by atoms with Crippen molar-refractivity contribution in [3.8, 4) is 11.6 Å². The zero-order chi connectivity index (χ0) is 22.3. The van der Waals surface area contributed by atoms with Crippen molar-refractivity contribution in [2.24, 2.45) is 0 Å². The predicted molar refractivity (Wildman–Crippen MR) is 118 cm³/mol. The SMILES string of the molecule is O=C(CN1CCN(C(=O)c2cccnc2Oc2ccccc2)CC1)Nc1ccc(F)cc1. The molecule has 0 saturated carbocycles. The molecule has 0 unspecified atom stereocenters. The van der Waals surface area contributed by atoms with Crippen LogP contribution in [0.25, 0.3) is 0 Å². The zero-order valence-corrected chi connectivity index (χ0v) is 17.4. The summed E-state index contributed by atoms with van der Waals surface area (Å²) in [5, 5.41) is 2.75. The highest BCUT2D eigenvalue weighted by molar-refractivity contribution is 5.96. The largest absolute Gasteiger partial charge is 0.438 e. The molecule has 1 fully saturated rings. The lowest BCUT2D eigenvalue weighted by molar-refractivity contribution is -0.117. The Morgan fingerprint density at radius 1 is 0.938 bits per heavy atom. The van der Waals surface area contributed by atoms with Crippen LogP contribution >= 0.6 is 0 Å². The molecule has 4 rings (SSSR count). The van der Waals surface area contributed by atoms with Crippen LogP contribution in [0.4, 0.5) is 10.1 Å². The van der Waals surface area contributed by atoms with Gasteiger partial charge in [-0.05, 0) is 48.5 Å². The highest BCUT2D eigenvalue weighted by Gasteiger charge is 2.26. The second kappa shape index (κ2) is 10.0. The van der Waals surface area contributed by atoms with E-state index >= 15 is 0 Å². The summed E-state index contributed by atoms with van der Waals surface area (Å²) in [6, 6.07) is 18.3. The molecule has 0 radical (unpaired) electrons. The standard InChI is InChI=1S/C24H23FN4O3/c25-18-8-10-19(11-9-18)27-22(30)17-28-13-15-29(16-14-28)24(31)21-7-4-12-26-23(21)32-20-5-2-1-3-6-20/h1-12H,13-17H2,(H,27,30). The molecule has 0 bridgehead atoms. The quantitative estimate of drug-likeness (QED) is 0.644. The molecule has 1 N–H and O–H groups in total. The Bertz CT molecular complexity index is 1070. The first-order chi connectivity index (χ1) is 15.6. The van der Waals surface area contributed by atoms with E-state index in [1.54, 1.807) is 35.4 Å². The third kappa shape index (κ3) is 5.47. The number of hydrogen-bond acceptors (Lipinski definition) is 5. The van der Waals surface area contributed by atoms with Gasteiger partial charge < -0.3 is 15.0 Å². The van der Waals surface area contributed by atoms with Crippen LogP contribution in [-0.2, 0) is 4.79 Å². The van der Waals surface area contributed by atoms with Gasteiger partial charge in [0.1, 0.15) is 17.1 Å². The van der Waals surface area contributed by atoms with Crippen LogP contribution in [0.15, 0.2) is 72.9 Å². The van der Waals surface area contributed by atoms with E-state index < -0.39 is 0 Å². The first kappa shape index (κ1) is 21.5. The molecule has 2 aromatic carbocycles. The number of piperazine rings is 1. The average Bonchev–Trinajstić information content (AvgIpc) is 2.82. The van der Waals surface area contributed by atoms with Crippen molar-refractivity contribution in [2.75, 3.05) is 38.0 Å². The summed E-state index contributed by atoms with van der Waals surface area (Å²) in [5.41, 5.74) is 0.951. The second-order valence-corrected chi connectivity index (χ2v) is 7.39. The Labute approximate surface area is 185 Å². The van der Waals surface area contributed by atoms with Crippen molar-refractivity contribution in [3.63, 3.8) is 0 Å². The van der Waals surface area contributed by atoms with Gasteiger partial charge in [-0.2, -0.15) is 0 Å². The number of ether oxygens (including phenoxy) is 1. The second-order valence-electron chi connectivity index (χ2n) is 7.39. The minimum Gasteiger partial charge on any atom is -0.438 e. The topological polar surface area (TPSA) is 74.8 Å². The maximum absolute atomic E-state index is 13.1. The molecule has 0 spiro atoms. The molecule has 0 aliphatic carbocycles.